The van der Waals surface area contributed by atoms with Gasteiger partial charge in [-0.25, -0.2) is 0 Å². The number of hydrogen-bond donors (Lipinski definition) is 1. The van der Waals surface area contributed by atoms with Gasteiger partial charge in [0.25, 0.3) is 0 Å². The van der Waals surface area contributed by atoms with Crippen molar-refractivity contribution in [1.82, 2.24) is 4.90 Å². The van der Waals surface area contributed by atoms with E-state index in [1.54, 1.807) is 7.11 Å². The van der Waals surface area contributed by atoms with E-state index in [0.717, 1.165) is 30.5 Å². The van der Waals surface area contributed by atoms with E-state index < -0.39 is 6.29 Å². The monoisotopic (exact) mass is 331 g/mol. The molecule has 1 aromatic carbocycles. The summed E-state index contributed by atoms with van der Waals surface area (Å²) < 4.78 is 22.8. The minimum Gasteiger partial charge on any atom is -0.492 e. The molecule has 0 bridgehead atoms. The van der Waals surface area contributed by atoms with Gasteiger partial charge in [-0.2, -0.15) is 0 Å². The first kappa shape index (κ1) is 14.6. The SMILES string of the molecule is COc1c2c(cc3c1C1C(CC=C4CCN(C)C41)OC3O)OCO2. The molecular formula is C18H21NO5. The van der Waals surface area contributed by atoms with Gasteiger partial charge in [-0.1, -0.05) is 11.6 Å². The Morgan fingerprint density at radius 3 is 3.04 bits per heavy atom. The highest BCUT2D eigenvalue weighted by atomic mass is 16.7. The molecule has 3 aliphatic heterocycles. The van der Waals surface area contributed by atoms with Gasteiger partial charge in [0.15, 0.2) is 17.8 Å². The number of benzene rings is 1. The van der Waals surface area contributed by atoms with E-state index in [2.05, 4.69) is 18.0 Å². The Labute approximate surface area is 140 Å². The molecule has 128 valence electrons. The molecule has 0 aromatic heterocycles. The van der Waals surface area contributed by atoms with Crippen molar-refractivity contribution in [1.29, 1.82) is 0 Å². The van der Waals surface area contributed by atoms with Crippen molar-refractivity contribution in [2.75, 3.05) is 27.5 Å². The van der Waals surface area contributed by atoms with Crippen LogP contribution in [0.25, 0.3) is 0 Å². The maximum Gasteiger partial charge on any atom is 0.231 e. The van der Waals surface area contributed by atoms with Gasteiger partial charge >= 0.3 is 0 Å². The minimum atomic E-state index is -0.966. The zero-order valence-electron chi connectivity index (χ0n) is 13.8. The number of hydrogen-bond acceptors (Lipinski definition) is 6. The standard InChI is InChI=1S/C18H21NO5/c1-19-6-5-9-3-4-11-14(15(9)19)13-10(18(20)24-11)7-12-16(17(13)21-2)23-8-22-12/h3,7,11,14-15,18,20H,4-6,8H2,1-2H3. The van der Waals surface area contributed by atoms with Crippen molar-refractivity contribution in [2.24, 2.45) is 0 Å². The van der Waals surface area contributed by atoms with Gasteiger partial charge in [-0.15, -0.1) is 0 Å². The number of methoxy groups -OCH3 is 1. The molecule has 6 heteroatoms. The highest BCUT2D eigenvalue weighted by Gasteiger charge is 2.49. The van der Waals surface area contributed by atoms with Gasteiger partial charge in [-0.05, 0) is 26.0 Å². The molecule has 1 N–H and O–H groups in total. The van der Waals surface area contributed by atoms with E-state index in [1.807, 2.05) is 6.07 Å². The summed E-state index contributed by atoms with van der Waals surface area (Å²) in [5.41, 5.74) is 3.21. The summed E-state index contributed by atoms with van der Waals surface area (Å²) >= 11 is 0. The molecule has 5 rings (SSSR count). The van der Waals surface area contributed by atoms with Crippen molar-refractivity contribution < 1.29 is 24.1 Å². The van der Waals surface area contributed by atoms with Crippen LogP contribution in [-0.4, -0.2) is 49.6 Å². The smallest absolute Gasteiger partial charge is 0.231 e. The fourth-order valence-corrected chi connectivity index (χ4v) is 4.74. The molecule has 1 saturated heterocycles. The van der Waals surface area contributed by atoms with E-state index in [-0.39, 0.29) is 24.9 Å². The number of ether oxygens (including phenoxy) is 4. The fourth-order valence-electron chi connectivity index (χ4n) is 4.74. The average Bonchev–Trinajstić information content (AvgIpc) is 3.20. The molecule has 24 heavy (non-hydrogen) atoms. The summed E-state index contributed by atoms with van der Waals surface area (Å²) in [4.78, 5) is 2.37. The van der Waals surface area contributed by atoms with E-state index >= 15 is 0 Å². The van der Waals surface area contributed by atoms with Crippen LogP contribution < -0.4 is 14.2 Å². The van der Waals surface area contributed by atoms with Crippen molar-refractivity contribution >= 4 is 0 Å². The van der Waals surface area contributed by atoms with Crippen LogP contribution in [0.15, 0.2) is 17.7 Å². The normalized spacial score (nSPS) is 33.5. The second kappa shape index (κ2) is 5.12. The molecule has 1 fully saturated rings. The molecule has 1 aliphatic carbocycles. The van der Waals surface area contributed by atoms with Crippen LogP contribution in [0.4, 0.5) is 0 Å². The molecule has 3 heterocycles. The molecule has 4 atom stereocenters. The van der Waals surface area contributed by atoms with Gasteiger partial charge in [0.2, 0.25) is 12.5 Å². The lowest BCUT2D eigenvalue weighted by Gasteiger charge is -2.44. The predicted octanol–water partition coefficient (Wildman–Crippen LogP) is 1.93. The molecule has 0 spiro atoms. The first-order valence-corrected chi connectivity index (χ1v) is 8.42. The van der Waals surface area contributed by atoms with Crippen LogP contribution >= 0.6 is 0 Å². The third-order valence-electron chi connectivity index (χ3n) is 5.76. The maximum atomic E-state index is 10.5. The van der Waals surface area contributed by atoms with Crippen LogP contribution in [0.3, 0.4) is 0 Å². The molecule has 4 aliphatic rings. The van der Waals surface area contributed by atoms with E-state index in [0.29, 0.717) is 17.2 Å². The molecule has 0 radical (unpaired) electrons. The molecule has 1 aromatic rings. The summed E-state index contributed by atoms with van der Waals surface area (Å²) in [6.45, 7) is 1.22. The summed E-state index contributed by atoms with van der Waals surface area (Å²) in [7, 11) is 3.80. The van der Waals surface area contributed by atoms with E-state index in [4.69, 9.17) is 18.9 Å². The lowest BCUT2D eigenvalue weighted by Crippen LogP contribution is -2.45. The summed E-state index contributed by atoms with van der Waals surface area (Å²) in [5.74, 6) is 2.05. The fraction of sp³-hybridized carbons (Fsp3) is 0.556. The third-order valence-corrected chi connectivity index (χ3v) is 5.76. The van der Waals surface area contributed by atoms with Crippen molar-refractivity contribution in [3.05, 3.63) is 28.8 Å². The Bertz CT molecular complexity index is 731. The Morgan fingerprint density at radius 1 is 1.33 bits per heavy atom. The van der Waals surface area contributed by atoms with Crippen LogP contribution in [0, 0.1) is 0 Å². The second-order valence-electron chi connectivity index (χ2n) is 6.89. The summed E-state index contributed by atoms with van der Waals surface area (Å²) in [6, 6.07) is 2.12. The highest BCUT2D eigenvalue weighted by Crippen LogP contribution is 2.56. The predicted molar refractivity (Wildman–Crippen MR) is 85.4 cm³/mol. The number of nitrogens with zero attached hydrogens (tertiary/aromatic N) is 1. The third kappa shape index (κ3) is 1.82. The average molecular weight is 331 g/mol. The summed E-state index contributed by atoms with van der Waals surface area (Å²) in [5, 5.41) is 10.5. The zero-order chi connectivity index (χ0) is 16.4. The Kier molecular flexibility index (Phi) is 3.11. The van der Waals surface area contributed by atoms with Gasteiger partial charge < -0.3 is 24.1 Å². The number of fused-ring (bicyclic) bond motifs is 6. The lowest BCUT2D eigenvalue weighted by atomic mass is 9.74. The first-order valence-electron chi connectivity index (χ1n) is 8.42. The zero-order valence-corrected chi connectivity index (χ0v) is 13.8. The Hall–Kier alpha value is -1.76. The van der Waals surface area contributed by atoms with Gasteiger partial charge in [0.05, 0.1) is 13.2 Å². The van der Waals surface area contributed by atoms with Crippen molar-refractivity contribution in [3.63, 3.8) is 0 Å². The van der Waals surface area contributed by atoms with Crippen LogP contribution in [0.5, 0.6) is 17.2 Å². The molecule has 4 unspecified atom stereocenters. The maximum absolute atomic E-state index is 10.5. The van der Waals surface area contributed by atoms with Crippen molar-refractivity contribution in [2.45, 2.75) is 37.2 Å². The molecule has 0 saturated carbocycles. The van der Waals surface area contributed by atoms with Crippen LogP contribution in [-0.2, 0) is 4.74 Å². The Morgan fingerprint density at radius 2 is 2.21 bits per heavy atom. The van der Waals surface area contributed by atoms with Gasteiger partial charge in [0, 0.05) is 29.6 Å². The molecule has 0 amide bonds. The first-order chi connectivity index (χ1) is 11.7. The molecule has 6 nitrogen and oxygen atoms in total. The quantitative estimate of drug-likeness (QED) is 0.794. The highest BCUT2D eigenvalue weighted by molar-refractivity contribution is 5.63. The van der Waals surface area contributed by atoms with Gasteiger partial charge in [-0.3, -0.25) is 4.90 Å². The number of likely N-dealkylation sites (tertiary alicyclic amines) is 1. The topological polar surface area (TPSA) is 60.4 Å². The minimum absolute atomic E-state index is 0.0592. The number of aliphatic hydroxyl groups is 1. The Balaban J connectivity index is 1.74. The molecular weight excluding hydrogens is 310 g/mol. The van der Waals surface area contributed by atoms with Crippen LogP contribution in [0.1, 0.15) is 36.2 Å². The number of aliphatic hydroxyl groups excluding tert-OH is 1. The van der Waals surface area contributed by atoms with E-state index in [1.165, 1.54) is 5.57 Å². The largest absolute Gasteiger partial charge is 0.492 e. The number of likely N-dealkylation sites (N-methyl/N-ethyl adjacent to an activating group) is 1. The summed E-state index contributed by atoms with van der Waals surface area (Å²) in [6.07, 6.45) is 3.17. The van der Waals surface area contributed by atoms with E-state index in [9.17, 15) is 5.11 Å². The van der Waals surface area contributed by atoms with Crippen LogP contribution in [0.2, 0.25) is 0 Å². The van der Waals surface area contributed by atoms with Gasteiger partial charge in [0.1, 0.15) is 0 Å². The van der Waals surface area contributed by atoms with Crippen molar-refractivity contribution in [3.8, 4) is 17.2 Å². The lowest BCUT2D eigenvalue weighted by molar-refractivity contribution is -0.162. The second-order valence-corrected chi connectivity index (χ2v) is 6.89. The number of rotatable bonds is 1.